The zero-order chi connectivity index (χ0) is 15.8. The van der Waals surface area contributed by atoms with Crippen molar-refractivity contribution in [2.75, 3.05) is 20.1 Å². The maximum atomic E-state index is 11.9. The van der Waals surface area contributed by atoms with Crippen LogP contribution in [-0.2, 0) is 17.8 Å². The van der Waals surface area contributed by atoms with Gasteiger partial charge >= 0.3 is 0 Å². The van der Waals surface area contributed by atoms with Crippen molar-refractivity contribution in [2.24, 2.45) is 0 Å². The van der Waals surface area contributed by atoms with Gasteiger partial charge in [-0.3, -0.25) is 9.69 Å². The van der Waals surface area contributed by atoms with Gasteiger partial charge in [-0.1, -0.05) is 30.3 Å². The molecule has 3 nitrogen and oxygen atoms in total. The Morgan fingerprint density at radius 3 is 2.68 bits per heavy atom. The van der Waals surface area contributed by atoms with E-state index in [9.17, 15) is 4.79 Å². The van der Waals surface area contributed by atoms with Gasteiger partial charge in [-0.25, -0.2) is 0 Å². The van der Waals surface area contributed by atoms with E-state index in [1.165, 1.54) is 10.4 Å². The van der Waals surface area contributed by atoms with E-state index in [0.29, 0.717) is 6.54 Å². The minimum Gasteiger partial charge on any atom is -0.355 e. The summed E-state index contributed by atoms with van der Waals surface area (Å²) in [5, 5.41) is 2.99. The Kier molecular flexibility index (Phi) is 7.09. The first-order chi connectivity index (χ1) is 10.6. The van der Waals surface area contributed by atoms with Gasteiger partial charge in [0.05, 0.1) is 10.3 Å². The standard InChI is InChI=1S/C17H21BrN2OS/c1-20(12-15-9-10-16(18)22-15)13-17(21)19-11-5-8-14-6-3-2-4-7-14/h2-4,6-7,9-10H,5,8,11-13H2,1H3,(H,19,21). The molecule has 1 heterocycles. The summed E-state index contributed by atoms with van der Waals surface area (Å²) in [6.45, 7) is 1.96. The third-order valence-corrected chi connectivity index (χ3v) is 4.88. The molecule has 2 aromatic rings. The zero-order valence-electron chi connectivity index (χ0n) is 12.7. The van der Waals surface area contributed by atoms with Gasteiger partial charge in [0.25, 0.3) is 0 Å². The van der Waals surface area contributed by atoms with Crippen LogP contribution >= 0.6 is 27.3 Å². The predicted molar refractivity (Wildman–Crippen MR) is 96.1 cm³/mol. The van der Waals surface area contributed by atoms with Gasteiger partial charge in [0.2, 0.25) is 5.91 Å². The van der Waals surface area contributed by atoms with Crippen LogP contribution in [0.15, 0.2) is 46.3 Å². The maximum Gasteiger partial charge on any atom is 0.234 e. The van der Waals surface area contributed by atoms with Crippen molar-refractivity contribution in [1.29, 1.82) is 0 Å². The number of hydrogen-bond acceptors (Lipinski definition) is 3. The van der Waals surface area contributed by atoms with Crippen LogP contribution in [0.4, 0.5) is 0 Å². The van der Waals surface area contributed by atoms with Crippen LogP contribution in [0.5, 0.6) is 0 Å². The van der Waals surface area contributed by atoms with Gasteiger partial charge in [0.1, 0.15) is 0 Å². The molecule has 0 unspecified atom stereocenters. The molecule has 0 saturated carbocycles. The summed E-state index contributed by atoms with van der Waals surface area (Å²) >= 11 is 5.16. The van der Waals surface area contributed by atoms with Gasteiger partial charge in [0.15, 0.2) is 0 Å². The number of hydrogen-bond donors (Lipinski definition) is 1. The van der Waals surface area contributed by atoms with E-state index in [0.717, 1.165) is 29.7 Å². The third kappa shape index (κ3) is 6.30. The van der Waals surface area contributed by atoms with Crippen molar-refractivity contribution in [2.45, 2.75) is 19.4 Å². The lowest BCUT2D eigenvalue weighted by atomic mass is 10.1. The highest BCUT2D eigenvalue weighted by molar-refractivity contribution is 9.11. The molecule has 0 aliphatic heterocycles. The predicted octanol–water partition coefficient (Wildman–Crippen LogP) is 3.69. The van der Waals surface area contributed by atoms with Crippen molar-refractivity contribution in [3.8, 4) is 0 Å². The molecular formula is C17H21BrN2OS. The van der Waals surface area contributed by atoms with Crippen LogP contribution < -0.4 is 5.32 Å². The molecule has 0 spiro atoms. The molecule has 0 fully saturated rings. The highest BCUT2D eigenvalue weighted by atomic mass is 79.9. The third-order valence-electron chi connectivity index (χ3n) is 3.28. The number of carbonyl (C=O) groups excluding carboxylic acids is 1. The Morgan fingerprint density at radius 2 is 2.00 bits per heavy atom. The van der Waals surface area contributed by atoms with Crippen LogP contribution in [0.1, 0.15) is 16.9 Å². The average Bonchev–Trinajstić information content (AvgIpc) is 2.89. The summed E-state index contributed by atoms with van der Waals surface area (Å²) < 4.78 is 1.13. The normalized spacial score (nSPS) is 10.9. The molecule has 0 bridgehead atoms. The smallest absolute Gasteiger partial charge is 0.234 e. The van der Waals surface area contributed by atoms with Crippen molar-refractivity contribution < 1.29 is 4.79 Å². The first kappa shape index (κ1) is 17.2. The quantitative estimate of drug-likeness (QED) is 0.708. The Morgan fingerprint density at radius 1 is 1.23 bits per heavy atom. The van der Waals surface area contributed by atoms with E-state index in [1.807, 2.05) is 36.2 Å². The second-order valence-corrected chi connectivity index (χ2v) is 7.86. The molecule has 0 aliphatic rings. The molecule has 0 atom stereocenters. The summed E-state index contributed by atoms with van der Waals surface area (Å²) in [5.41, 5.74) is 1.32. The molecule has 0 radical (unpaired) electrons. The first-order valence-corrected chi connectivity index (χ1v) is 8.98. The molecular weight excluding hydrogens is 360 g/mol. The summed E-state index contributed by atoms with van der Waals surface area (Å²) in [4.78, 5) is 15.2. The van der Waals surface area contributed by atoms with Gasteiger partial charge in [-0.05, 0) is 53.5 Å². The highest BCUT2D eigenvalue weighted by Gasteiger charge is 2.08. The van der Waals surface area contributed by atoms with E-state index in [1.54, 1.807) is 11.3 Å². The summed E-state index contributed by atoms with van der Waals surface area (Å²) in [5.74, 6) is 0.0891. The van der Waals surface area contributed by atoms with Gasteiger partial charge in [0, 0.05) is 18.0 Å². The van der Waals surface area contributed by atoms with Crippen molar-refractivity contribution in [3.05, 3.63) is 56.7 Å². The van der Waals surface area contributed by atoms with Crippen LogP contribution in [0, 0.1) is 0 Å². The summed E-state index contributed by atoms with van der Waals surface area (Å²) in [6, 6.07) is 14.5. The lowest BCUT2D eigenvalue weighted by Gasteiger charge is -2.15. The monoisotopic (exact) mass is 380 g/mol. The maximum absolute atomic E-state index is 11.9. The van der Waals surface area contributed by atoms with Gasteiger partial charge in [-0.15, -0.1) is 11.3 Å². The fraction of sp³-hybridized carbons (Fsp3) is 0.353. The van der Waals surface area contributed by atoms with Crippen LogP contribution in [0.25, 0.3) is 0 Å². The largest absolute Gasteiger partial charge is 0.355 e. The number of halogens is 1. The van der Waals surface area contributed by atoms with E-state index in [-0.39, 0.29) is 5.91 Å². The van der Waals surface area contributed by atoms with Crippen LogP contribution in [-0.4, -0.2) is 30.9 Å². The molecule has 22 heavy (non-hydrogen) atoms. The van der Waals surface area contributed by atoms with E-state index < -0.39 is 0 Å². The van der Waals surface area contributed by atoms with Gasteiger partial charge < -0.3 is 5.32 Å². The Bertz CT molecular complexity index is 585. The lowest BCUT2D eigenvalue weighted by molar-refractivity contribution is -0.122. The minimum absolute atomic E-state index is 0.0891. The van der Waals surface area contributed by atoms with Crippen LogP contribution in [0.2, 0.25) is 0 Å². The lowest BCUT2D eigenvalue weighted by Crippen LogP contribution is -2.35. The minimum atomic E-state index is 0.0891. The van der Waals surface area contributed by atoms with E-state index >= 15 is 0 Å². The summed E-state index contributed by atoms with van der Waals surface area (Å²) in [6.07, 6.45) is 1.97. The molecule has 1 aromatic heterocycles. The fourth-order valence-corrected chi connectivity index (χ4v) is 3.79. The number of benzene rings is 1. The SMILES string of the molecule is CN(CC(=O)NCCCc1ccccc1)Cc1ccc(Br)s1. The number of likely N-dealkylation sites (N-methyl/N-ethyl adjacent to an activating group) is 1. The number of nitrogens with one attached hydrogen (secondary N) is 1. The molecule has 5 heteroatoms. The first-order valence-electron chi connectivity index (χ1n) is 7.37. The van der Waals surface area contributed by atoms with Crippen molar-refractivity contribution in [3.63, 3.8) is 0 Å². The molecule has 0 saturated heterocycles. The molecule has 1 amide bonds. The van der Waals surface area contributed by atoms with E-state index in [4.69, 9.17) is 0 Å². The van der Waals surface area contributed by atoms with Gasteiger partial charge in [-0.2, -0.15) is 0 Å². The average molecular weight is 381 g/mol. The number of thiophene rings is 1. The van der Waals surface area contributed by atoms with Crippen LogP contribution in [0.3, 0.4) is 0 Å². The Hall–Kier alpha value is -1.17. The highest BCUT2D eigenvalue weighted by Crippen LogP contribution is 2.22. The number of rotatable bonds is 8. The second kappa shape index (κ2) is 9.08. The molecule has 118 valence electrons. The number of carbonyl (C=O) groups is 1. The topological polar surface area (TPSA) is 32.3 Å². The number of amides is 1. The molecule has 1 aromatic carbocycles. The number of nitrogens with zero attached hydrogens (tertiary/aromatic N) is 1. The zero-order valence-corrected chi connectivity index (χ0v) is 15.1. The van der Waals surface area contributed by atoms with Crippen molar-refractivity contribution in [1.82, 2.24) is 10.2 Å². The second-order valence-electron chi connectivity index (χ2n) is 5.32. The Labute approximate surface area is 144 Å². The Balaban J connectivity index is 1.61. The number of aryl methyl sites for hydroxylation is 1. The molecule has 2 rings (SSSR count). The molecule has 0 aliphatic carbocycles. The fourth-order valence-electron chi connectivity index (χ4n) is 2.22. The van der Waals surface area contributed by atoms with Crippen molar-refractivity contribution >= 4 is 33.2 Å². The molecule has 1 N–H and O–H groups in total. The summed E-state index contributed by atoms with van der Waals surface area (Å²) in [7, 11) is 1.97. The van der Waals surface area contributed by atoms with E-state index in [2.05, 4.69) is 39.4 Å².